The number of hydrogen-bond acceptors (Lipinski definition) is 4. The Balaban J connectivity index is 2.32. The van der Waals surface area contributed by atoms with Crippen LogP contribution in [-0.4, -0.2) is 23.6 Å². The molecule has 2 rings (SSSR count). The molecule has 4 heteroatoms. The van der Waals surface area contributed by atoms with Crippen molar-refractivity contribution in [3.05, 3.63) is 48.1 Å². The summed E-state index contributed by atoms with van der Waals surface area (Å²) in [4.78, 5) is 0. The van der Waals surface area contributed by atoms with Crippen LogP contribution in [0, 0.1) is 12.3 Å². The van der Waals surface area contributed by atoms with Crippen molar-refractivity contribution in [3.8, 4) is 5.75 Å². The lowest BCUT2D eigenvalue weighted by atomic mass is 10.1. The number of hydrogen-bond donors (Lipinski definition) is 2. The van der Waals surface area contributed by atoms with E-state index < -0.39 is 0 Å². The van der Waals surface area contributed by atoms with Gasteiger partial charge in [-0.05, 0) is 36.8 Å². The first-order chi connectivity index (χ1) is 8.58. The summed E-state index contributed by atoms with van der Waals surface area (Å²) in [7, 11) is 1.75. The van der Waals surface area contributed by atoms with E-state index in [1.165, 1.54) is 0 Å². The van der Waals surface area contributed by atoms with Gasteiger partial charge in [0.25, 0.3) is 0 Å². The third-order valence-electron chi connectivity index (χ3n) is 2.64. The third kappa shape index (κ3) is 2.48. The predicted octanol–water partition coefficient (Wildman–Crippen LogP) is 2.64. The van der Waals surface area contributed by atoms with Crippen molar-refractivity contribution in [2.75, 3.05) is 12.1 Å². The molecule has 0 fully saturated rings. The Bertz CT molecular complexity index is 570. The minimum absolute atomic E-state index is 0.175. The van der Waals surface area contributed by atoms with Crippen LogP contribution in [0.25, 0.3) is 0 Å². The molecule has 0 unspecified atom stereocenters. The molecule has 18 heavy (non-hydrogen) atoms. The van der Waals surface area contributed by atoms with Crippen molar-refractivity contribution in [2.45, 2.75) is 6.92 Å². The van der Waals surface area contributed by atoms with E-state index in [4.69, 9.17) is 5.41 Å². The van der Waals surface area contributed by atoms with E-state index in [0.717, 1.165) is 5.56 Å². The van der Waals surface area contributed by atoms with Crippen molar-refractivity contribution in [2.24, 2.45) is 5.10 Å². The lowest BCUT2D eigenvalue weighted by Gasteiger charge is -2.17. The van der Waals surface area contributed by atoms with Crippen molar-refractivity contribution in [1.82, 2.24) is 0 Å². The number of phenols is 1. The number of nitrogens with one attached hydrogen (secondary N) is 1. The number of hydrazone groups is 1. The largest absolute Gasteiger partial charge is 0.506 e. The zero-order valence-corrected chi connectivity index (χ0v) is 10.4. The fourth-order valence-corrected chi connectivity index (χ4v) is 1.67. The molecule has 0 saturated carbocycles. The van der Waals surface area contributed by atoms with Crippen LogP contribution in [0.15, 0.2) is 47.6 Å². The van der Waals surface area contributed by atoms with Crippen molar-refractivity contribution >= 4 is 17.1 Å². The standard InChI is InChI=1S/C14H15N3O/c1-10-7-8-14(18)13(9-10)17(2)16-12-6-4-3-5-11(12)15/h3-9,15,18H,1-2H3/b15-11?,16-12-. The maximum Gasteiger partial charge on any atom is 0.140 e. The van der Waals surface area contributed by atoms with E-state index in [-0.39, 0.29) is 5.75 Å². The Hall–Kier alpha value is -2.36. The quantitative estimate of drug-likeness (QED) is 0.617. The molecular weight excluding hydrogens is 226 g/mol. The highest BCUT2D eigenvalue weighted by Crippen LogP contribution is 2.27. The molecule has 0 amide bonds. The van der Waals surface area contributed by atoms with Gasteiger partial charge in [-0.1, -0.05) is 18.2 Å². The summed E-state index contributed by atoms with van der Waals surface area (Å²) in [6.07, 6.45) is 7.08. The number of nitrogens with zero attached hydrogens (tertiary/aromatic N) is 2. The van der Waals surface area contributed by atoms with Gasteiger partial charge in [0.15, 0.2) is 0 Å². The molecule has 92 valence electrons. The van der Waals surface area contributed by atoms with Crippen molar-refractivity contribution in [3.63, 3.8) is 0 Å². The molecule has 4 nitrogen and oxygen atoms in total. The van der Waals surface area contributed by atoms with Gasteiger partial charge in [-0.25, -0.2) is 0 Å². The molecule has 0 aliphatic heterocycles. The summed E-state index contributed by atoms with van der Waals surface area (Å²) in [6.45, 7) is 1.95. The minimum Gasteiger partial charge on any atom is -0.506 e. The molecule has 2 N–H and O–H groups in total. The van der Waals surface area contributed by atoms with E-state index in [0.29, 0.717) is 17.1 Å². The van der Waals surface area contributed by atoms with Gasteiger partial charge in [-0.15, -0.1) is 0 Å². The highest BCUT2D eigenvalue weighted by molar-refractivity contribution is 6.50. The number of allylic oxidation sites excluding steroid dienone is 4. The molecule has 0 spiro atoms. The van der Waals surface area contributed by atoms with E-state index in [2.05, 4.69) is 5.10 Å². The number of phenolic OH excluding ortho intramolecular Hbond substituents is 1. The molecule has 0 saturated heterocycles. The molecule has 1 aliphatic rings. The Morgan fingerprint density at radius 1 is 1.22 bits per heavy atom. The molecule has 1 aromatic carbocycles. The van der Waals surface area contributed by atoms with E-state index >= 15 is 0 Å². The molecule has 0 radical (unpaired) electrons. The van der Waals surface area contributed by atoms with Crippen molar-refractivity contribution < 1.29 is 5.11 Å². The molecule has 0 atom stereocenters. The van der Waals surface area contributed by atoms with Crippen LogP contribution in [-0.2, 0) is 0 Å². The van der Waals surface area contributed by atoms with Crippen LogP contribution in [0.3, 0.4) is 0 Å². The second-order valence-electron chi connectivity index (χ2n) is 4.13. The first kappa shape index (κ1) is 12.1. The summed E-state index contributed by atoms with van der Waals surface area (Å²) in [5.41, 5.74) is 2.60. The van der Waals surface area contributed by atoms with Crippen LogP contribution < -0.4 is 5.01 Å². The number of aromatic hydroxyl groups is 1. The number of benzene rings is 1. The highest BCUT2D eigenvalue weighted by Gasteiger charge is 2.09. The number of rotatable bonds is 2. The van der Waals surface area contributed by atoms with Gasteiger partial charge in [0.05, 0.1) is 5.71 Å². The summed E-state index contributed by atoms with van der Waals surface area (Å²) in [6, 6.07) is 5.33. The topological polar surface area (TPSA) is 59.7 Å². The second kappa shape index (κ2) is 4.87. The van der Waals surface area contributed by atoms with Crippen LogP contribution in [0.1, 0.15) is 5.56 Å². The maximum atomic E-state index is 9.80. The van der Waals surface area contributed by atoms with E-state index in [1.807, 2.05) is 25.1 Å². The maximum absolute atomic E-state index is 9.80. The van der Waals surface area contributed by atoms with Gasteiger partial charge in [0.2, 0.25) is 0 Å². The van der Waals surface area contributed by atoms with E-state index in [9.17, 15) is 5.11 Å². The molecular formula is C14H15N3O. The fraction of sp³-hybridized carbons (Fsp3) is 0.143. The SMILES string of the molecule is Cc1ccc(O)c(N(C)/N=C2/C=CC=CC2=N)c1. The van der Waals surface area contributed by atoms with Crippen LogP contribution in [0.5, 0.6) is 5.75 Å². The summed E-state index contributed by atoms with van der Waals surface area (Å²) in [5.74, 6) is 0.175. The fourth-order valence-electron chi connectivity index (χ4n) is 1.67. The van der Waals surface area contributed by atoms with Gasteiger partial charge in [-0.3, -0.25) is 10.4 Å². The first-order valence-electron chi connectivity index (χ1n) is 5.63. The summed E-state index contributed by atoms with van der Waals surface area (Å²) >= 11 is 0. The van der Waals surface area contributed by atoms with E-state index in [1.54, 1.807) is 36.4 Å². The van der Waals surface area contributed by atoms with Crippen LogP contribution in [0.4, 0.5) is 5.69 Å². The molecule has 0 aromatic heterocycles. The zero-order valence-electron chi connectivity index (χ0n) is 10.4. The van der Waals surface area contributed by atoms with Crippen LogP contribution in [0.2, 0.25) is 0 Å². The summed E-state index contributed by atoms with van der Waals surface area (Å²) in [5, 5.41) is 23.4. The minimum atomic E-state index is 0.175. The third-order valence-corrected chi connectivity index (χ3v) is 2.64. The number of anilines is 1. The lowest BCUT2D eigenvalue weighted by molar-refractivity contribution is 0.475. The normalized spacial score (nSPS) is 16.3. The molecule has 1 aromatic rings. The lowest BCUT2D eigenvalue weighted by Crippen LogP contribution is -2.18. The Morgan fingerprint density at radius 3 is 2.67 bits per heavy atom. The average Bonchev–Trinajstić information content (AvgIpc) is 2.35. The first-order valence-corrected chi connectivity index (χ1v) is 5.63. The molecule has 0 heterocycles. The Kier molecular flexibility index (Phi) is 3.28. The predicted molar refractivity (Wildman–Crippen MR) is 74.7 cm³/mol. The Morgan fingerprint density at radius 2 is 1.94 bits per heavy atom. The summed E-state index contributed by atoms with van der Waals surface area (Å²) < 4.78 is 0. The Labute approximate surface area is 106 Å². The van der Waals surface area contributed by atoms with Gasteiger partial charge in [0.1, 0.15) is 17.1 Å². The molecule has 1 aliphatic carbocycles. The second-order valence-corrected chi connectivity index (χ2v) is 4.13. The van der Waals surface area contributed by atoms with Gasteiger partial charge < -0.3 is 5.11 Å². The zero-order chi connectivity index (χ0) is 13.1. The van der Waals surface area contributed by atoms with Gasteiger partial charge >= 0.3 is 0 Å². The average molecular weight is 241 g/mol. The monoisotopic (exact) mass is 241 g/mol. The van der Waals surface area contributed by atoms with Crippen molar-refractivity contribution in [1.29, 1.82) is 5.41 Å². The smallest absolute Gasteiger partial charge is 0.140 e. The van der Waals surface area contributed by atoms with Gasteiger partial charge in [-0.2, -0.15) is 5.10 Å². The van der Waals surface area contributed by atoms with Gasteiger partial charge in [0, 0.05) is 7.05 Å². The number of aryl methyl sites for hydroxylation is 1. The molecule has 0 bridgehead atoms. The van der Waals surface area contributed by atoms with Crippen LogP contribution >= 0.6 is 0 Å². The highest BCUT2D eigenvalue weighted by atomic mass is 16.3.